The van der Waals surface area contributed by atoms with Gasteiger partial charge in [0, 0.05) is 5.56 Å². The van der Waals surface area contributed by atoms with Crippen molar-refractivity contribution in [3.63, 3.8) is 0 Å². The number of aldehydes is 1. The Morgan fingerprint density at radius 3 is 2.73 bits per heavy atom. The minimum Gasteiger partial charge on any atom is -0.490 e. The van der Waals surface area contributed by atoms with Gasteiger partial charge in [-0.25, -0.2) is 0 Å². The van der Waals surface area contributed by atoms with Crippen molar-refractivity contribution in [2.24, 2.45) is 0 Å². The third-order valence-corrected chi connectivity index (χ3v) is 1.75. The minimum atomic E-state index is -0.0725. The predicted molar refractivity (Wildman–Crippen MR) is 55.6 cm³/mol. The van der Waals surface area contributed by atoms with E-state index < -0.39 is 0 Å². The van der Waals surface area contributed by atoms with Gasteiger partial charge in [-0.05, 0) is 25.1 Å². The number of rotatable bonds is 6. The highest BCUT2D eigenvalue weighted by atomic mass is 16.5. The van der Waals surface area contributed by atoms with Gasteiger partial charge in [0.15, 0.2) is 11.5 Å². The lowest BCUT2D eigenvalue weighted by molar-refractivity contribution is 0.112. The van der Waals surface area contributed by atoms with Crippen molar-refractivity contribution < 1.29 is 19.4 Å². The molecule has 4 heteroatoms. The van der Waals surface area contributed by atoms with Crippen LogP contribution in [-0.2, 0) is 0 Å². The van der Waals surface area contributed by atoms with Gasteiger partial charge in [0.25, 0.3) is 0 Å². The summed E-state index contributed by atoms with van der Waals surface area (Å²) in [6.45, 7) is 2.50. The highest BCUT2D eigenvalue weighted by Crippen LogP contribution is 2.27. The molecule has 0 saturated carbocycles. The van der Waals surface area contributed by atoms with E-state index in [1.807, 2.05) is 6.92 Å². The van der Waals surface area contributed by atoms with Crippen LogP contribution in [0.3, 0.4) is 0 Å². The summed E-state index contributed by atoms with van der Waals surface area (Å²) in [7, 11) is 0. The normalized spacial score (nSPS) is 9.73. The van der Waals surface area contributed by atoms with E-state index in [4.69, 9.17) is 14.6 Å². The van der Waals surface area contributed by atoms with Crippen LogP contribution in [0.15, 0.2) is 18.2 Å². The van der Waals surface area contributed by atoms with Gasteiger partial charge in [-0.15, -0.1) is 0 Å². The molecule has 0 heterocycles. The number of carbonyl (C=O) groups is 1. The largest absolute Gasteiger partial charge is 0.490 e. The Kier molecular flexibility index (Phi) is 4.63. The Hall–Kier alpha value is -1.55. The molecule has 1 aromatic carbocycles. The number of hydrogen-bond acceptors (Lipinski definition) is 4. The van der Waals surface area contributed by atoms with E-state index in [9.17, 15) is 4.79 Å². The van der Waals surface area contributed by atoms with Crippen LogP contribution in [0.5, 0.6) is 11.5 Å². The zero-order valence-corrected chi connectivity index (χ0v) is 8.60. The number of ether oxygens (including phenoxy) is 2. The molecule has 0 amide bonds. The van der Waals surface area contributed by atoms with Crippen molar-refractivity contribution in [3.05, 3.63) is 23.8 Å². The molecule has 0 aliphatic heterocycles. The monoisotopic (exact) mass is 210 g/mol. The van der Waals surface area contributed by atoms with Gasteiger partial charge in [-0.2, -0.15) is 0 Å². The molecule has 0 aliphatic rings. The van der Waals surface area contributed by atoms with E-state index in [2.05, 4.69) is 0 Å². The second-order valence-electron chi connectivity index (χ2n) is 2.83. The van der Waals surface area contributed by atoms with Crippen molar-refractivity contribution >= 4 is 6.29 Å². The van der Waals surface area contributed by atoms with Crippen LogP contribution in [0.4, 0.5) is 0 Å². The molecule has 4 nitrogen and oxygen atoms in total. The predicted octanol–water partition coefficient (Wildman–Crippen LogP) is 1.27. The number of carbonyl (C=O) groups excluding carboxylic acids is 1. The first kappa shape index (κ1) is 11.5. The van der Waals surface area contributed by atoms with Gasteiger partial charge in [0.2, 0.25) is 0 Å². The molecule has 15 heavy (non-hydrogen) atoms. The molecule has 0 unspecified atom stereocenters. The smallest absolute Gasteiger partial charge is 0.162 e. The number of aliphatic hydroxyl groups excluding tert-OH is 1. The molecule has 0 aromatic heterocycles. The fourth-order valence-electron chi connectivity index (χ4n) is 1.14. The lowest BCUT2D eigenvalue weighted by Gasteiger charge is -2.11. The molecule has 1 rings (SSSR count). The lowest BCUT2D eigenvalue weighted by atomic mass is 10.2. The molecule has 0 radical (unpaired) electrons. The van der Waals surface area contributed by atoms with Crippen molar-refractivity contribution in [1.29, 1.82) is 0 Å². The number of hydrogen-bond donors (Lipinski definition) is 1. The summed E-state index contributed by atoms with van der Waals surface area (Å²) >= 11 is 0. The van der Waals surface area contributed by atoms with Gasteiger partial charge in [-0.1, -0.05) is 0 Å². The third kappa shape index (κ3) is 3.25. The standard InChI is InChI=1S/C11H14O4/c1-2-14-10-4-3-9(8-13)7-11(10)15-6-5-12/h3-4,7-8,12H,2,5-6H2,1H3. The maximum absolute atomic E-state index is 10.6. The van der Waals surface area contributed by atoms with Gasteiger partial charge >= 0.3 is 0 Å². The van der Waals surface area contributed by atoms with Gasteiger partial charge in [0.05, 0.1) is 13.2 Å². The average molecular weight is 210 g/mol. The number of aliphatic hydroxyl groups is 1. The van der Waals surface area contributed by atoms with E-state index in [1.165, 1.54) is 0 Å². The van der Waals surface area contributed by atoms with Crippen molar-refractivity contribution in [2.75, 3.05) is 19.8 Å². The molecule has 0 atom stereocenters. The summed E-state index contributed by atoms with van der Waals surface area (Å²) in [6, 6.07) is 4.93. The Balaban J connectivity index is 2.88. The molecule has 0 saturated heterocycles. The summed E-state index contributed by atoms with van der Waals surface area (Å²) in [5.41, 5.74) is 0.520. The Bertz CT molecular complexity index is 322. The first-order valence-corrected chi connectivity index (χ1v) is 4.77. The second-order valence-corrected chi connectivity index (χ2v) is 2.83. The maximum atomic E-state index is 10.6. The van der Waals surface area contributed by atoms with Gasteiger partial charge in [0.1, 0.15) is 12.9 Å². The number of benzene rings is 1. The molecular formula is C11H14O4. The van der Waals surface area contributed by atoms with E-state index in [0.717, 1.165) is 6.29 Å². The average Bonchev–Trinajstić information content (AvgIpc) is 2.28. The van der Waals surface area contributed by atoms with E-state index in [0.29, 0.717) is 23.7 Å². The fraction of sp³-hybridized carbons (Fsp3) is 0.364. The van der Waals surface area contributed by atoms with Crippen molar-refractivity contribution in [2.45, 2.75) is 6.92 Å². The molecule has 1 aromatic rings. The summed E-state index contributed by atoms with van der Waals surface area (Å²) in [5.74, 6) is 1.06. The van der Waals surface area contributed by atoms with Crippen LogP contribution in [0, 0.1) is 0 Å². The van der Waals surface area contributed by atoms with Crippen LogP contribution in [0.1, 0.15) is 17.3 Å². The summed E-state index contributed by atoms with van der Waals surface area (Å²) in [4.78, 5) is 10.6. The zero-order chi connectivity index (χ0) is 11.1. The Morgan fingerprint density at radius 1 is 1.33 bits per heavy atom. The van der Waals surface area contributed by atoms with Crippen LogP contribution < -0.4 is 9.47 Å². The van der Waals surface area contributed by atoms with Crippen LogP contribution in [-0.4, -0.2) is 31.2 Å². The van der Waals surface area contributed by atoms with Crippen LogP contribution in [0.25, 0.3) is 0 Å². The highest BCUT2D eigenvalue weighted by molar-refractivity contribution is 5.76. The summed E-state index contributed by atoms with van der Waals surface area (Å²) < 4.78 is 10.6. The van der Waals surface area contributed by atoms with E-state index >= 15 is 0 Å². The summed E-state index contributed by atoms with van der Waals surface area (Å²) in [5, 5.41) is 8.64. The van der Waals surface area contributed by atoms with E-state index in [1.54, 1.807) is 18.2 Å². The van der Waals surface area contributed by atoms with Crippen molar-refractivity contribution in [1.82, 2.24) is 0 Å². The Morgan fingerprint density at radius 2 is 2.13 bits per heavy atom. The molecule has 0 spiro atoms. The Labute approximate surface area is 88.4 Å². The lowest BCUT2D eigenvalue weighted by Crippen LogP contribution is -2.04. The van der Waals surface area contributed by atoms with E-state index in [-0.39, 0.29) is 13.2 Å². The molecular weight excluding hydrogens is 196 g/mol. The molecule has 0 fully saturated rings. The molecule has 0 aliphatic carbocycles. The molecule has 1 N–H and O–H groups in total. The zero-order valence-electron chi connectivity index (χ0n) is 8.60. The molecule has 0 bridgehead atoms. The maximum Gasteiger partial charge on any atom is 0.162 e. The highest BCUT2D eigenvalue weighted by Gasteiger charge is 2.05. The minimum absolute atomic E-state index is 0.0725. The van der Waals surface area contributed by atoms with Crippen LogP contribution in [0.2, 0.25) is 0 Å². The quantitative estimate of drug-likeness (QED) is 0.718. The third-order valence-electron chi connectivity index (χ3n) is 1.75. The SMILES string of the molecule is CCOc1ccc(C=O)cc1OCCO. The summed E-state index contributed by atoms with van der Waals surface area (Å²) in [6.07, 6.45) is 0.738. The first-order valence-electron chi connectivity index (χ1n) is 4.77. The molecule has 82 valence electrons. The topological polar surface area (TPSA) is 55.8 Å². The second kappa shape index (κ2) is 6.03. The van der Waals surface area contributed by atoms with Gasteiger partial charge in [-0.3, -0.25) is 4.79 Å². The fourth-order valence-corrected chi connectivity index (χ4v) is 1.14. The van der Waals surface area contributed by atoms with Crippen LogP contribution >= 0.6 is 0 Å². The van der Waals surface area contributed by atoms with Crippen molar-refractivity contribution in [3.8, 4) is 11.5 Å². The van der Waals surface area contributed by atoms with Gasteiger partial charge < -0.3 is 14.6 Å². The first-order chi connectivity index (χ1) is 7.31.